The second kappa shape index (κ2) is 11.1. The van der Waals surface area contributed by atoms with Gasteiger partial charge < -0.3 is 16.0 Å². The van der Waals surface area contributed by atoms with Crippen LogP contribution < -0.4 is 30.7 Å². The van der Waals surface area contributed by atoms with Gasteiger partial charge in [0.15, 0.2) is 5.57 Å². The average molecular weight is 466 g/mol. The van der Waals surface area contributed by atoms with Crippen LogP contribution in [0, 0.1) is 22.7 Å². The number of carbonyl (C=O) groups excluding carboxylic acids is 2. The summed E-state index contributed by atoms with van der Waals surface area (Å²) in [5.74, 6) is -0.789. The van der Waals surface area contributed by atoms with Crippen LogP contribution in [-0.4, -0.2) is 47.5 Å². The van der Waals surface area contributed by atoms with E-state index >= 15 is 0 Å². The fraction of sp³-hybridized carbons (Fsp3) is 0.318. The van der Waals surface area contributed by atoms with Crippen molar-refractivity contribution in [3.05, 3.63) is 43.8 Å². The number of carbonyl (C=O) groups is 2. The Morgan fingerprint density at radius 2 is 2.00 bits per heavy atom. The fourth-order valence-corrected chi connectivity index (χ4v) is 4.26. The summed E-state index contributed by atoms with van der Waals surface area (Å²) in [4.78, 5) is 39.2. The van der Waals surface area contributed by atoms with Crippen LogP contribution in [0.15, 0.2) is 29.1 Å². The number of nitriles is 2. The van der Waals surface area contributed by atoms with E-state index in [1.54, 1.807) is 37.3 Å². The minimum atomic E-state index is -0.705. The zero-order valence-corrected chi connectivity index (χ0v) is 18.9. The molecule has 0 bridgehead atoms. The van der Waals surface area contributed by atoms with Crippen molar-refractivity contribution in [2.75, 3.05) is 36.8 Å². The summed E-state index contributed by atoms with van der Waals surface area (Å²) in [5.41, 5.74) is 0.724. The summed E-state index contributed by atoms with van der Waals surface area (Å²) in [7, 11) is 0. The van der Waals surface area contributed by atoms with Gasteiger partial charge in [-0.25, -0.2) is 0 Å². The lowest BCUT2D eigenvalue weighted by Crippen LogP contribution is -2.42. The van der Waals surface area contributed by atoms with Crippen LogP contribution >= 0.6 is 11.3 Å². The topological polar surface area (TPSA) is 143 Å². The van der Waals surface area contributed by atoms with Crippen LogP contribution in [0.1, 0.15) is 13.3 Å². The molecule has 2 amide bonds. The van der Waals surface area contributed by atoms with Gasteiger partial charge in [-0.2, -0.15) is 10.5 Å². The molecule has 1 aliphatic heterocycles. The summed E-state index contributed by atoms with van der Waals surface area (Å²) in [6, 6.07) is 10.7. The Kier molecular flexibility index (Phi) is 7.97. The van der Waals surface area contributed by atoms with Gasteiger partial charge in [0.25, 0.3) is 11.5 Å². The van der Waals surface area contributed by atoms with E-state index in [2.05, 4.69) is 20.9 Å². The molecule has 1 aliphatic rings. The van der Waals surface area contributed by atoms with Crippen LogP contribution in [0.4, 0.5) is 11.4 Å². The highest BCUT2D eigenvalue weighted by Gasteiger charge is 2.17. The molecule has 0 spiro atoms. The van der Waals surface area contributed by atoms with Gasteiger partial charge in [-0.3, -0.25) is 23.9 Å². The lowest BCUT2D eigenvalue weighted by atomic mass is 10.2. The molecular weight excluding hydrogens is 442 g/mol. The molecule has 2 heterocycles. The fourth-order valence-electron chi connectivity index (χ4n) is 3.18. The van der Waals surface area contributed by atoms with Gasteiger partial charge in [0.1, 0.15) is 21.8 Å². The van der Waals surface area contributed by atoms with Crippen LogP contribution in [0.25, 0.3) is 11.8 Å². The first-order valence-electron chi connectivity index (χ1n) is 10.3. The number of hydrogen-bond acceptors (Lipinski definition) is 8. The molecule has 3 N–H and O–H groups in total. The molecule has 3 rings (SSSR count). The molecule has 11 heteroatoms. The Labute approximate surface area is 194 Å². The number of benzene rings is 1. The maximum Gasteiger partial charge on any atom is 0.270 e. The standard InChI is InChI=1S/C22H23N7O3S/c1-2-29-21(32)18(33-22(29)17(12-24)20(31)25-8-7-23)13-26-15-5-3-6-16(11-15)27-19(30)14-28-9-4-10-28/h3,5-6,11,13,26H,2,4,8-10,14H2,1H3,(H,25,31)(H,27,30)/b18-13+,22-17-. The molecule has 1 fully saturated rings. The first-order chi connectivity index (χ1) is 16.0. The normalized spacial score (nSPS) is 14.5. The van der Waals surface area contributed by atoms with Crippen molar-refractivity contribution in [1.29, 1.82) is 10.5 Å². The Morgan fingerprint density at radius 3 is 2.64 bits per heavy atom. The monoisotopic (exact) mass is 465 g/mol. The molecule has 0 aliphatic carbocycles. The highest BCUT2D eigenvalue weighted by molar-refractivity contribution is 7.07. The number of anilines is 2. The Bertz CT molecular complexity index is 1310. The highest BCUT2D eigenvalue weighted by atomic mass is 32.1. The van der Waals surface area contributed by atoms with E-state index in [0.717, 1.165) is 30.8 Å². The highest BCUT2D eigenvalue weighted by Crippen LogP contribution is 2.15. The van der Waals surface area contributed by atoms with Gasteiger partial charge in [-0.1, -0.05) is 6.07 Å². The van der Waals surface area contributed by atoms with Crippen LogP contribution in [0.3, 0.4) is 0 Å². The lowest BCUT2D eigenvalue weighted by molar-refractivity contribution is -0.118. The van der Waals surface area contributed by atoms with Crippen molar-refractivity contribution >= 4 is 46.3 Å². The minimum Gasteiger partial charge on any atom is -0.360 e. The number of rotatable bonds is 8. The number of nitrogens with one attached hydrogen (secondary N) is 3. The predicted octanol–water partition coefficient (Wildman–Crippen LogP) is -0.262. The molecule has 10 nitrogen and oxygen atoms in total. The third-order valence-electron chi connectivity index (χ3n) is 4.94. The largest absolute Gasteiger partial charge is 0.360 e. The van der Waals surface area contributed by atoms with Crippen molar-refractivity contribution in [2.45, 2.75) is 19.9 Å². The first-order valence-corrected chi connectivity index (χ1v) is 11.2. The van der Waals surface area contributed by atoms with E-state index in [1.807, 2.05) is 6.07 Å². The third-order valence-corrected chi connectivity index (χ3v) is 6.07. The number of amides is 2. The maximum atomic E-state index is 12.8. The molecule has 1 aromatic heterocycles. The smallest absolute Gasteiger partial charge is 0.270 e. The van der Waals surface area contributed by atoms with Crippen molar-refractivity contribution in [2.24, 2.45) is 0 Å². The zero-order chi connectivity index (χ0) is 23.8. The van der Waals surface area contributed by atoms with Crippen molar-refractivity contribution in [3.8, 4) is 12.1 Å². The predicted molar refractivity (Wildman–Crippen MR) is 125 cm³/mol. The van der Waals surface area contributed by atoms with E-state index < -0.39 is 5.91 Å². The van der Waals surface area contributed by atoms with E-state index in [0.29, 0.717) is 22.5 Å². The summed E-state index contributed by atoms with van der Waals surface area (Å²) in [5, 5.41) is 26.3. The molecule has 2 aromatic rings. The summed E-state index contributed by atoms with van der Waals surface area (Å²) in [6.45, 7) is 4.01. The quantitative estimate of drug-likeness (QED) is 0.456. The number of likely N-dealkylation sites (tertiary alicyclic amines) is 1. The Hall–Kier alpha value is -3.93. The van der Waals surface area contributed by atoms with Gasteiger partial charge in [0, 0.05) is 24.1 Å². The third kappa shape index (κ3) is 5.86. The van der Waals surface area contributed by atoms with Gasteiger partial charge in [0.2, 0.25) is 5.91 Å². The van der Waals surface area contributed by atoms with Crippen LogP contribution in [0.5, 0.6) is 0 Å². The van der Waals surface area contributed by atoms with E-state index in [4.69, 9.17) is 5.26 Å². The molecule has 1 aromatic carbocycles. The van der Waals surface area contributed by atoms with Crippen LogP contribution in [0.2, 0.25) is 0 Å². The van der Waals surface area contributed by atoms with Gasteiger partial charge in [-0.05, 0) is 44.6 Å². The van der Waals surface area contributed by atoms with Gasteiger partial charge in [0.05, 0.1) is 12.6 Å². The SMILES string of the molecule is CCn1c(=O)/c(=C\Nc2cccc(NC(=O)CN3CCC3)c2)s/c1=C(/C#N)C(=O)NCC#N. The average Bonchev–Trinajstić information content (AvgIpc) is 3.09. The maximum absolute atomic E-state index is 12.8. The number of aromatic nitrogens is 1. The molecule has 33 heavy (non-hydrogen) atoms. The Morgan fingerprint density at radius 1 is 1.24 bits per heavy atom. The second-order valence-electron chi connectivity index (χ2n) is 7.20. The molecule has 0 atom stereocenters. The van der Waals surface area contributed by atoms with Gasteiger partial charge in [-0.15, -0.1) is 11.3 Å². The Balaban J connectivity index is 1.84. The van der Waals surface area contributed by atoms with Crippen molar-refractivity contribution in [3.63, 3.8) is 0 Å². The zero-order valence-electron chi connectivity index (χ0n) is 18.1. The van der Waals surface area contributed by atoms with Crippen molar-refractivity contribution in [1.82, 2.24) is 14.8 Å². The molecule has 170 valence electrons. The number of nitrogens with zero attached hydrogens (tertiary/aromatic N) is 4. The first kappa shape index (κ1) is 23.7. The second-order valence-corrected chi connectivity index (χ2v) is 8.23. The van der Waals surface area contributed by atoms with E-state index in [1.165, 1.54) is 10.8 Å². The molecule has 0 radical (unpaired) electrons. The summed E-state index contributed by atoms with van der Waals surface area (Å²) in [6.07, 6.45) is 2.62. The van der Waals surface area contributed by atoms with E-state index in [-0.39, 0.29) is 34.8 Å². The molecule has 1 saturated heterocycles. The van der Waals surface area contributed by atoms with Crippen LogP contribution in [-0.2, 0) is 16.1 Å². The summed E-state index contributed by atoms with van der Waals surface area (Å²) >= 11 is 1.01. The van der Waals surface area contributed by atoms with Crippen molar-refractivity contribution < 1.29 is 9.59 Å². The molecule has 0 saturated carbocycles. The number of hydrogen-bond donors (Lipinski definition) is 3. The number of thiazole rings is 1. The van der Waals surface area contributed by atoms with Gasteiger partial charge >= 0.3 is 0 Å². The lowest BCUT2D eigenvalue weighted by Gasteiger charge is -2.29. The molecule has 0 unspecified atom stereocenters. The summed E-state index contributed by atoms with van der Waals surface area (Å²) < 4.78 is 1.87. The minimum absolute atomic E-state index is 0.0844. The molecular formula is C22H23N7O3S. The van der Waals surface area contributed by atoms with E-state index in [9.17, 15) is 19.6 Å².